The predicted molar refractivity (Wildman–Crippen MR) is 37.3 cm³/mol. The average molecular weight is 140 g/mol. The van der Waals surface area contributed by atoms with Gasteiger partial charge in [0.05, 0.1) is 0 Å². The summed E-state index contributed by atoms with van der Waals surface area (Å²) < 4.78 is 0. The normalized spacial score (nSPS) is 34.9. The molecule has 2 fully saturated rings. The molecule has 1 aliphatic heterocycles. The fraction of sp³-hybridized carbons (Fsp3) is 0.857. The minimum atomic E-state index is 0.248. The van der Waals surface area contributed by atoms with E-state index in [9.17, 15) is 4.79 Å². The third-order valence-electron chi connectivity index (χ3n) is 2.78. The number of hydrogen-bond acceptors (Lipinski definition) is 2. The van der Waals surface area contributed by atoms with Gasteiger partial charge in [0.1, 0.15) is 0 Å². The zero-order valence-electron chi connectivity index (χ0n) is 5.92. The van der Waals surface area contributed by atoms with E-state index >= 15 is 0 Å². The molecule has 1 spiro atoms. The summed E-state index contributed by atoms with van der Waals surface area (Å²) in [7, 11) is 0. The first kappa shape index (κ1) is 6.16. The van der Waals surface area contributed by atoms with Crippen LogP contribution < -0.4 is 5.73 Å². The second-order valence-corrected chi connectivity index (χ2v) is 3.50. The Morgan fingerprint density at radius 2 is 2.30 bits per heavy atom. The summed E-state index contributed by atoms with van der Waals surface area (Å²) >= 11 is 0. The van der Waals surface area contributed by atoms with Crippen molar-refractivity contribution < 1.29 is 4.79 Å². The number of amides is 1. The van der Waals surface area contributed by atoms with Gasteiger partial charge in [0.15, 0.2) is 0 Å². The minimum absolute atomic E-state index is 0.248. The van der Waals surface area contributed by atoms with E-state index in [2.05, 4.69) is 0 Å². The molecule has 2 N–H and O–H groups in total. The van der Waals surface area contributed by atoms with Gasteiger partial charge in [-0.05, 0) is 12.8 Å². The summed E-state index contributed by atoms with van der Waals surface area (Å²) in [5.41, 5.74) is 6.19. The largest absolute Gasteiger partial charge is 0.343 e. The van der Waals surface area contributed by atoms with Gasteiger partial charge in [0, 0.05) is 24.5 Å². The summed E-state index contributed by atoms with van der Waals surface area (Å²) in [6.07, 6.45) is 3.35. The van der Waals surface area contributed by atoms with Crippen molar-refractivity contribution in [2.24, 2.45) is 11.1 Å². The van der Waals surface area contributed by atoms with Crippen LogP contribution >= 0.6 is 0 Å². The van der Waals surface area contributed by atoms with Crippen LogP contribution in [0.15, 0.2) is 0 Å². The van der Waals surface area contributed by atoms with Crippen molar-refractivity contribution in [2.45, 2.75) is 18.9 Å². The zero-order valence-corrected chi connectivity index (χ0v) is 5.92. The first-order valence-corrected chi connectivity index (χ1v) is 3.72. The second kappa shape index (κ2) is 1.72. The summed E-state index contributed by atoms with van der Waals surface area (Å²) in [5.74, 6) is 0. The molecule has 10 heavy (non-hydrogen) atoms. The van der Waals surface area contributed by atoms with Crippen molar-refractivity contribution in [1.29, 1.82) is 0 Å². The van der Waals surface area contributed by atoms with Crippen LogP contribution in [0, 0.1) is 5.41 Å². The standard InChI is InChI=1S/C7H12N2O/c8-6-3-9(5-10)4-7(6)1-2-7/h5-6H,1-4,8H2. The van der Waals surface area contributed by atoms with E-state index in [1.165, 1.54) is 12.8 Å². The van der Waals surface area contributed by atoms with E-state index in [0.29, 0.717) is 5.41 Å². The highest BCUT2D eigenvalue weighted by molar-refractivity contribution is 5.49. The molecular formula is C7H12N2O. The third-order valence-corrected chi connectivity index (χ3v) is 2.78. The molecule has 0 aromatic heterocycles. The molecule has 1 amide bonds. The number of likely N-dealkylation sites (tertiary alicyclic amines) is 1. The molecule has 0 aromatic carbocycles. The molecule has 1 aliphatic carbocycles. The average Bonchev–Trinajstić information content (AvgIpc) is 2.60. The van der Waals surface area contributed by atoms with Crippen LogP contribution in [0.3, 0.4) is 0 Å². The topological polar surface area (TPSA) is 46.3 Å². The van der Waals surface area contributed by atoms with Gasteiger partial charge in [0.25, 0.3) is 0 Å². The van der Waals surface area contributed by atoms with Gasteiger partial charge in [-0.3, -0.25) is 4.79 Å². The summed E-state index contributed by atoms with van der Waals surface area (Å²) in [6, 6.07) is 0.248. The van der Waals surface area contributed by atoms with Crippen molar-refractivity contribution >= 4 is 6.41 Å². The zero-order chi connectivity index (χ0) is 7.19. The number of rotatable bonds is 1. The molecule has 2 rings (SSSR count). The van der Waals surface area contributed by atoms with Gasteiger partial charge in [-0.1, -0.05) is 0 Å². The Balaban J connectivity index is 2.08. The Morgan fingerprint density at radius 1 is 1.60 bits per heavy atom. The number of carbonyl (C=O) groups excluding carboxylic acids is 1. The van der Waals surface area contributed by atoms with Crippen LogP contribution in [0.4, 0.5) is 0 Å². The van der Waals surface area contributed by atoms with E-state index in [1.54, 1.807) is 4.90 Å². The number of hydrogen-bond donors (Lipinski definition) is 1. The first-order valence-electron chi connectivity index (χ1n) is 3.72. The molecule has 2 aliphatic rings. The molecule has 0 bridgehead atoms. The number of nitrogens with two attached hydrogens (primary N) is 1. The molecule has 1 atom stereocenters. The Labute approximate surface area is 60.2 Å². The Morgan fingerprint density at radius 3 is 2.60 bits per heavy atom. The monoisotopic (exact) mass is 140 g/mol. The van der Waals surface area contributed by atoms with Gasteiger partial charge >= 0.3 is 0 Å². The molecule has 0 aromatic rings. The molecule has 3 heteroatoms. The van der Waals surface area contributed by atoms with Crippen LogP contribution in [0.1, 0.15) is 12.8 Å². The highest BCUT2D eigenvalue weighted by Crippen LogP contribution is 2.51. The quantitative estimate of drug-likeness (QED) is 0.502. The van der Waals surface area contributed by atoms with Crippen LogP contribution in [0.25, 0.3) is 0 Å². The number of nitrogens with zero attached hydrogens (tertiary/aromatic N) is 1. The van der Waals surface area contributed by atoms with Gasteiger partial charge in [-0.2, -0.15) is 0 Å². The van der Waals surface area contributed by atoms with Crippen molar-refractivity contribution in [2.75, 3.05) is 13.1 Å². The van der Waals surface area contributed by atoms with Crippen molar-refractivity contribution in [1.82, 2.24) is 4.90 Å². The van der Waals surface area contributed by atoms with Crippen LogP contribution in [-0.4, -0.2) is 30.4 Å². The molecule has 56 valence electrons. The highest BCUT2D eigenvalue weighted by atomic mass is 16.1. The molecule has 0 radical (unpaired) electrons. The molecule has 3 nitrogen and oxygen atoms in total. The van der Waals surface area contributed by atoms with E-state index < -0.39 is 0 Å². The van der Waals surface area contributed by atoms with Gasteiger partial charge in [-0.25, -0.2) is 0 Å². The van der Waals surface area contributed by atoms with Crippen molar-refractivity contribution in [3.05, 3.63) is 0 Å². The molecular weight excluding hydrogens is 128 g/mol. The van der Waals surface area contributed by atoms with Gasteiger partial charge in [0.2, 0.25) is 6.41 Å². The van der Waals surface area contributed by atoms with E-state index in [0.717, 1.165) is 19.5 Å². The van der Waals surface area contributed by atoms with Crippen molar-refractivity contribution in [3.63, 3.8) is 0 Å². The maximum absolute atomic E-state index is 10.3. The molecule has 1 heterocycles. The summed E-state index contributed by atoms with van der Waals surface area (Å²) in [6.45, 7) is 1.67. The lowest BCUT2D eigenvalue weighted by molar-refractivity contribution is -0.117. The molecule has 1 saturated heterocycles. The molecule has 1 saturated carbocycles. The maximum Gasteiger partial charge on any atom is 0.209 e. The highest BCUT2D eigenvalue weighted by Gasteiger charge is 2.53. The van der Waals surface area contributed by atoms with Crippen LogP contribution in [0.5, 0.6) is 0 Å². The van der Waals surface area contributed by atoms with Crippen molar-refractivity contribution in [3.8, 4) is 0 Å². The SMILES string of the molecule is NC1CN(C=O)CC12CC2. The third kappa shape index (κ3) is 0.669. The second-order valence-electron chi connectivity index (χ2n) is 3.50. The summed E-state index contributed by atoms with van der Waals surface area (Å²) in [4.78, 5) is 12.1. The van der Waals surface area contributed by atoms with E-state index in [-0.39, 0.29) is 6.04 Å². The van der Waals surface area contributed by atoms with E-state index in [1.807, 2.05) is 0 Å². The van der Waals surface area contributed by atoms with E-state index in [4.69, 9.17) is 5.73 Å². The van der Waals surface area contributed by atoms with Gasteiger partial charge in [-0.15, -0.1) is 0 Å². The number of carbonyl (C=O) groups is 1. The first-order chi connectivity index (χ1) is 4.77. The Kier molecular flexibility index (Phi) is 1.06. The fourth-order valence-corrected chi connectivity index (χ4v) is 1.80. The fourth-order valence-electron chi connectivity index (χ4n) is 1.80. The smallest absolute Gasteiger partial charge is 0.209 e. The Bertz CT molecular complexity index is 165. The maximum atomic E-state index is 10.3. The Hall–Kier alpha value is -0.570. The predicted octanol–water partition coefficient (Wildman–Crippen LogP) is -0.434. The molecule has 1 unspecified atom stereocenters. The lowest BCUT2D eigenvalue weighted by atomic mass is 10.0. The minimum Gasteiger partial charge on any atom is -0.343 e. The lowest BCUT2D eigenvalue weighted by Gasteiger charge is -2.08. The van der Waals surface area contributed by atoms with Crippen LogP contribution in [-0.2, 0) is 4.79 Å². The summed E-state index contributed by atoms with van der Waals surface area (Å²) in [5, 5.41) is 0. The van der Waals surface area contributed by atoms with Gasteiger partial charge < -0.3 is 10.6 Å². The van der Waals surface area contributed by atoms with Crippen LogP contribution in [0.2, 0.25) is 0 Å². The lowest BCUT2D eigenvalue weighted by Crippen LogP contribution is -2.30.